The minimum absolute atomic E-state index is 0.0353. The van der Waals surface area contributed by atoms with Crippen LogP contribution in [-0.2, 0) is 19.6 Å². The highest BCUT2D eigenvalue weighted by Crippen LogP contribution is 2.35. The third-order valence-electron chi connectivity index (χ3n) is 4.82. The van der Waals surface area contributed by atoms with Crippen LogP contribution in [0.3, 0.4) is 0 Å². The summed E-state index contributed by atoms with van der Waals surface area (Å²) < 4.78 is 31.3. The second-order valence-electron chi connectivity index (χ2n) is 6.81. The van der Waals surface area contributed by atoms with Crippen LogP contribution >= 0.6 is 22.7 Å². The van der Waals surface area contributed by atoms with Crippen molar-refractivity contribution in [2.24, 2.45) is 5.10 Å². The van der Waals surface area contributed by atoms with Gasteiger partial charge in [0.05, 0.1) is 27.1 Å². The zero-order chi connectivity index (χ0) is 22.7. The number of carbonyl (C=O) groups excluding carboxylic acids is 2. The Kier molecular flexibility index (Phi) is 6.51. The van der Waals surface area contributed by atoms with Crippen molar-refractivity contribution < 1.29 is 22.7 Å². The summed E-state index contributed by atoms with van der Waals surface area (Å²) in [6.45, 7) is -0.509. The van der Waals surface area contributed by atoms with E-state index in [1.165, 1.54) is 47.7 Å². The van der Waals surface area contributed by atoms with E-state index in [0.717, 1.165) is 15.5 Å². The summed E-state index contributed by atoms with van der Waals surface area (Å²) in [7, 11) is -2.43. The molecule has 1 amide bonds. The quantitative estimate of drug-likeness (QED) is 0.513. The molecule has 32 heavy (non-hydrogen) atoms. The van der Waals surface area contributed by atoms with Crippen LogP contribution in [0.25, 0.3) is 0 Å². The molecule has 0 saturated carbocycles. The number of amides is 1. The van der Waals surface area contributed by atoms with E-state index in [1.54, 1.807) is 11.3 Å². The number of hydrogen-bond acceptors (Lipinski definition) is 8. The topological polar surface area (TPSA) is 105 Å². The molecule has 166 valence electrons. The average molecular weight is 490 g/mol. The lowest BCUT2D eigenvalue weighted by Crippen LogP contribution is -2.31. The van der Waals surface area contributed by atoms with E-state index in [9.17, 15) is 18.0 Å². The first-order chi connectivity index (χ1) is 15.4. The molecule has 11 heteroatoms. The molecular weight excluding hydrogens is 470 g/mol. The molecule has 1 unspecified atom stereocenters. The van der Waals surface area contributed by atoms with Gasteiger partial charge >= 0.3 is 5.97 Å². The van der Waals surface area contributed by atoms with Crippen LogP contribution < -0.4 is 4.72 Å². The molecule has 3 heterocycles. The van der Waals surface area contributed by atoms with Gasteiger partial charge in [0.1, 0.15) is 0 Å². The monoisotopic (exact) mass is 489 g/mol. The van der Waals surface area contributed by atoms with E-state index in [1.807, 2.05) is 35.0 Å². The lowest BCUT2D eigenvalue weighted by Gasteiger charge is -2.20. The van der Waals surface area contributed by atoms with Crippen molar-refractivity contribution in [1.29, 1.82) is 0 Å². The summed E-state index contributed by atoms with van der Waals surface area (Å²) in [5.74, 6) is -1.25. The first kappa shape index (κ1) is 22.3. The fourth-order valence-electron chi connectivity index (χ4n) is 3.22. The fourth-order valence-corrected chi connectivity index (χ4v) is 5.53. The molecule has 2 aromatic heterocycles. The molecule has 0 radical (unpaired) electrons. The summed E-state index contributed by atoms with van der Waals surface area (Å²) in [5, 5.41) is 9.77. The van der Waals surface area contributed by atoms with Gasteiger partial charge in [0.2, 0.25) is 10.0 Å². The van der Waals surface area contributed by atoms with Crippen molar-refractivity contribution in [2.75, 3.05) is 13.7 Å². The van der Waals surface area contributed by atoms with Crippen LogP contribution in [-0.4, -0.2) is 44.7 Å². The molecule has 0 aliphatic carbocycles. The second kappa shape index (κ2) is 9.33. The first-order valence-corrected chi connectivity index (χ1v) is 12.8. The number of ether oxygens (including phenoxy) is 1. The zero-order valence-electron chi connectivity index (χ0n) is 16.9. The average Bonchev–Trinajstić information content (AvgIpc) is 3.57. The predicted molar refractivity (Wildman–Crippen MR) is 122 cm³/mol. The second-order valence-corrected chi connectivity index (χ2v) is 10.6. The van der Waals surface area contributed by atoms with E-state index in [-0.39, 0.29) is 16.5 Å². The maximum atomic E-state index is 12.9. The summed E-state index contributed by atoms with van der Waals surface area (Å²) in [6, 6.07) is 12.9. The molecule has 1 atom stereocenters. The van der Waals surface area contributed by atoms with Gasteiger partial charge in [0, 0.05) is 11.3 Å². The fraction of sp³-hybridized carbons (Fsp3) is 0.190. The Hall–Kier alpha value is -2.86. The Labute approximate surface area is 193 Å². The Balaban J connectivity index is 1.49. The molecular formula is C21H19N3O5S3. The molecule has 0 saturated heterocycles. The van der Waals surface area contributed by atoms with Crippen molar-refractivity contribution >= 4 is 50.3 Å². The van der Waals surface area contributed by atoms with E-state index >= 15 is 0 Å². The Bertz CT molecular complexity index is 1250. The molecule has 3 aromatic rings. The van der Waals surface area contributed by atoms with Crippen LogP contribution in [0.15, 0.2) is 69.3 Å². The van der Waals surface area contributed by atoms with Crippen LogP contribution in [0.4, 0.5) is 0 Å². The van der Waals surface area contributed by atoms with Crippen molar-refractivity contribution in [2.45, 2.75) is 17.4 Å². The molecule has 0 bridgehead atoms. The van der Waals surface area contributed by atoms with Gasteiger partial charge in [0.15, 0.2) is 6.61 Å². The third kappa shape index (κ3) is 4.65. The number of carbonyl (C=O) groups is 2. The van der Waals surface area contributed by atoms with Gasteiger partial charge in [-0.25, -0.2) is 22.9 Å². The Morgan fingerprint density at radius 2 is 1.94 bits per heavy atom. The third-order valence-corrected chi connectivity index (χ3v) is 8.12. The van der Waals surface area contributed by atoms with Crippen molar-refractivity contribution in [3.63, 3.8) is 0 Å². The highest BCUT2D eigenvalue weighted by Gasteiger charge is 2.34. The van der Waals surface area contributed by atoms with Crippen LogP contribution in [0.2, 0.25) is 0 Å². The van der Waals surface area contributed by atoms with Gasteiger partial charge in [-0.3, -0.25) is 4.79 Å². The van der Waals surface area contributed by atoms with Crippen molar-refractivity contribution in [1.82, 2.24) is 9.73 Å². The molecule has 8 nitrogen and oxygen atoms in total. The molecule has 0 spiro atoms. The number of rotatable bonds is 7. The standard InChI is InChI=1S/C21H19N3O5S3/c1-22-32(27,28)15-6-2-5-14(11-15)21(26)29-13-20(25)24-17(19-8-4-10-31-19)12-16(23-24)18-7-3-9-30-18/h2-11,17,22H,12-13H2,1H3. The zero-order valence-corrected chi connectivity index (χ0v) is 19.4. The number of benzene rings is 1. The summed E-state index contributed by atoms with van der Waals surface area (Å²) in [4.78, 5) is 27.3. The maximum absolute atomic E-state index is 12.9. The molecule has 1 aromatic carbocycles. The lowest BCUT2D eigenvalue weighted by atomic mass is 10.1. The summed E-state index contributed by atoms with van der Waals surface area (Å²) in [5.41, 5.74) is 0.844. The van der Waals surface area contributed by atoms with Crippen LogP contribution in [0.1, 0.15) is 32.6 Å². The largest absolute Gasteiger partial charge is 0.452 e. The molecule has 0 fully saturated rings. The SMILES string of the molecule is CNS(=O)(=O)c1cccc(C(=O)OCC(=O)N2N=C(c3cccs3)CC2c2cccs2)c1. The van der Waals surface area contributed by atoms with Gasteiger partial charge < -0.3 is 4.74 Å². The number of sulfonamides is 1. The van der Waals surface area contributed by atoms with E-state index in [4.69, 9.17) is 4.74 Å². The molecule has 4 rings (SSSR count). The van der Waals surface area contributed by atoms with Gasteiger partial charge in [-0.1, -0.05) is 18.2 Å². The highest BCUT2D eigenvalue weighted by atomic mass is 32.2. The number of hydrogen-bond donors (Lipinski definition) is 1. The van der Waals surface area contributed by atoms with Gasteiger partial charge in [-0.2, -0.15) is 5.10 Å². The van der Waals surface area contributed by atoms with E-state index in [2.05, 4.69) is 9.82 Å². The molecule has 1 aliphatic rings. The highest BCUT2D eigenvalue weighted by molar-refractivity contribution is 7.89. The van der Waals surface area contributed by atoms with Crippen molar-refractivity contribution in [3.8, 4) is 0 Å². The molecule has 1 aliphatic heterocycles. The van der Waals surface area contributed by atoms with E-state index in [0.29, 0.717) is 6.42 Å². The van der Waals surface area contributed by atoms with Gasteiger partial charge in [-0.05, 0) is 48.1 Å². The Morgan fingerprint density at radius 3 is 2.62 bits per heavy atom. The van der Waals surface area contributed by atoms with E-state index < -0.39 is 28.5 Å². The number of nitrogens with one attached hydrogen (secondary N) is 1. The summed E-state index contributed by atoms with van der Waals surface area (Å²) in [6.07, 6.45) is 0.574. The smallest absolute Gasteiger partial charge is 0.338 e. The maximum Gasteiger partial charge on any atom is 0.338 e. The first-order valence-electron chi connectivity index (χ1n) is 9.56. The van der Waals surface area contributed by atoms with Gasteiger partial charge in [0.25, 0.3) is 5.91 Å². The normalized spacial score (nSPS) is 16.1. The predicted octanol–water partition coefficient (Wildman–Crippen LogP) is 3.25. The summed E-state index contributed by atoms with van der Waals surface area (Å²) >= 11 is 3.08. The number of thiophene rings is 2. The van der Waals surface area contributed by atoms with Crippen LogP contribution in [0.5, 0.6) is 0 Å². The lowest BCUT2D eigenvalue weighted by molar-refractivity contribution is -0.136. The van der Waals surface area contributed by atoms with Crippen molar-refractivity contribution in [3.05, 3.63) is 74.6 Å². The molecule has 1 N–H and O–H groups in total. The Morgan fingerprint density at radius 1 is 1.16 bits per heavy atom. The minimum atomic E-state index is -3.71. The number of hydrazone groups is 1. The number of esters is 1. The number of nitrogens with zero attached hydrogens (tertiary/aromatic N) is 2. The minimum Gasteiger partial charge on any atom is -0.452 e. The van der Waals surface area contributed by atoms with Gasteiger partial charge in [-0.15, -0.1) is 22.7 Å². The van der Waals surface area contributed by atoms with Crippen LogP contribution in [0, 0.1) is 0 Å².